The number of rotatable bonds is 2. The molecule has 0 spiro atoms. The third-order valence-electron chi connectivity index (χ3n) is 2.00. The third kappa shape index (κ3) is 8.38. The molecule has 0 aromatic heterocycles. The monoisotopic (exact) mass is 210 g/mol. The molecule has 1 aliphatic heterocycles. The second-order valence-electron chi connectivity index (χ2n) is 2.83. The predicted molar refractivity (Wildman–Crippen MR) is 58.3 cm³/mol. The Morgan fingerprint density at radius 3 is 1.79 bits per heavy atom. The summed E-state index contributed by atoms with van der Waals surface area (Å²) in [7, 11) is 2.60. The van der Waals surface area contributed by atoms with Crippen LogP contribution in [0.25, 0.3) is 0 Å². The first-order valence-electron chi connectivity index (χ1n) is 5.17. The van der Waals surface area contributed by atoms with E-state index in [2.05, 4.69) is 16.8 Å². The van der Waals surface area contributed by atoms with E-state index in [1.54, 1.807) is 0 Å². The fourth-order valence-corrected chi connectivity index (χ4v) is 1.19. The Morgan fingerprint density at radius 1 is 1.00 bits per heavy atom. The molecule has 0 aromatic rings. The van der Waals surface area contributed by atoms with E-state index < -0.39 is 0 Å². The lowest BCUT2D eigenvalue weighted by molar-refractivity contribution is 0.146. The van der Waals surface area contributed by atoms with Crippen LogP contribution in [0.3, 0.4) is 0 Å². The van der Waals surface area contributed by atoms with Gasteiger partial charge < -0.3 is 4.90 Å². The van der Waals surface area contributed by atoms with Crippen LogP contribution in [-0.4, -0.2) is 63.4 Å². The summed E-state index contributed by atoms with van der Waals surface area (Å²) >= 11 is 0. The molecular weight excluding hydrogens is 186 g/mol. The highest BCUT2D eigenvalue weighted by molar-refractivity contribution is 4.68. The quantitative estimate of drug-likeness (QED) is 0.686. The maximum atomic E-state index is 11.8. The minimum absolute atomic E-state index is 0.205. The van der Waals surface area contributed by atoms with Crippen LogP contribution in [0.2, 0.25) is 0 Å². The molecule has 2 nitrogen and oxygen atoms in total. The number of alkyl halides is 2. The molecular formula is C10H24F2N2. The average Bonchev–Trinajstić information content (AvgIpc) is 2.28. The van der Waals surface area contributed by atoms with Crippen molar-refractivity contribution in [3.8, 4) is 0 Å². The van der Waals surface area contributed by atoms with E-state index in [-0.39, 0.29) is 6.67 Å². The first-order valence-corrected chi connectivity index (χ1v) is 5.17. The van der Waals surface area contributed by atoms with Crippen molar-refractivity contribution in [1.82, 2.24) is 9.80 Å². The van der Waals surface area contributed by atoms with Gasteiger partial charge in [0.05, 0.1) is 7.18 Å². The summed E-state index contributed by atoms with van der Waals surface area (Å²) in [5, 5.41) is 0. The highest BCUT2D eigenvalue weighted by Gasteiger charge is 2.12. The molecule has 14 heavy (non-hydrogen) atoms. The van der Waals surface area contributed by atoms with Gasteiger partial charge in [-0.25, -0.2) is 4.39 Å². The number of hydrogen-bond acceptors (Lipinski definition) is 2. The molecule has 0 radical (unpaired) electrons. The molecule has 0 N–H and O–H groups in total. The number of piperazine rings is 1. The molecule has 88 valence electrons. The van der Waals surface area contributed by atoms with Crippen molar-refractivity contribution in [3.63, 3.8) is 0 Å². The smallest absolute Gasteiger partial charge is 0.102 e. The standard InChI is InChI=1S/C7H15FN2.C2H6.CH3F/c1-9-4-6-10(3-2-8)7-5-9;2*1-2/h2-7H2,1H3;1-2H3;1H3. The predicted octanol–water partition coefficient (Wildman–Crippen LogP) is 1.82. The summed E-state index contributed by atoms with van der Waals surface area (Å²) < 4.78 is 21.3. The maximum absolute atomic E-state index is 11.8. The maximum Gasteiger partial charge on any atom is 0.102 e. The first-order chi connectivity index (χ1) is 6.83. The zero-order valence-corrected chi connectivity index (χ0v) is 9.89. The van der Waals surface area contributed by atoms with Gasteiger partial charge in [-0.3, -0.25) is 9.29 Å². The second-order valence-corrected chi connectivity index (χ2v) is 2.83. The summed E-state index contributed by atoms with van der Waals surface area (Å²) in [4.78, 5) is 4.44. The molecule has 0 atom stereocenters. The molecule has 1 heterocycles. The van der Waals surface area contributed by atoms with Gasteiger partial charge in [-0.2, -0.15) is 0 Å². The lowest BCUT2D eigenvalue weighted by Crippen LogP contribution is -2.45. The van der Waals surface area contributed by atoms with Crippen LogP contribution in [0, 0.1) is 0 Å². The van der Waals surface area contributed by atoms with Gasteiger partial charge in [0.1, 0.15) is 6.67 Å². The Balaban J connectivity index is 0. The minimum Gasteiger partial charge on any atom is -0.304 e. The molecule has 1 fully saturated rings. The average molecular weight is 210 g/mol. The topological polar surface area (TPSA) is 6.48 Å². The van der Waals surface area contributed by atoms with E-state index in [1.165, 1.54) is 0 Å². The Labute approximate surface area is 86.9 Å². The Hall–Kier alpha value is -0.220. The zero-order valence-electron chi connectivity index (χ0n) is 9.89. The number of hydrogen-bond donors (Lipinski definition) is 0. The third-order valence-corrected chi connectivity index (χ3v) is 2.00. The van der Waals surface area contributed by atoms with Crippen molar-refractivity contribution in [3.05, 3.63) is 0 Å². The van der Waals surface area contributed by atoms with E-state index >= 15 is 0 Å². The fourth-order valence-electron chi connectivity index (χ4n) is 1.19. The van der Waals surface area contributed by atoms with Gasteiger partial charge in [0.15, 0.2) is 0 Å². The van der Waals surface area contributed by atoms with Crippen LogP contribution in [0.4, 0.5) is 8.78 Å². The van der Waals surface area contributed by atoms with Crippen molar-refractivity contribution >= 4 is 0 Å². The second kappa shape index (κ2) is 12.8. The van der Waals surface area contributed by atoms with Crippen LogP contribution in [0.5, 0.6) is 0 Å². The SMILES string of the molecule is CC.CF.CN1CCN(CCF)CC1. The lowest BCUT2D eigenvalue weighted by Gasteiger charge is -2.31. The summed E-state index contributed by atoms with van der Waals surface area (Å²) in [5.41, 5.74) is 0. The molecule has 0 bridgehead atoms. The Bertz CT molecular complexity index is 94.1. The zero-order chi connectivity index (χ0) is 11.4. The van der Waals surface area contributed by atoms with Crippen LogP contribution in [0.15, 0.2) is 0 Å². The van der Waals surface area contributed by atoms with E-state index in [0.717, 1.165) is 26.2 Å². The van der Waals surface area contributed by atoms with Gasteiger partial charge in [0, 0.05) is 32.7 Å². The van der Waals surface area contributed by atoms with E-state index in [4.69, 9.17) is 0 Å². The molecule has 1 saturated heterocycles. The molecule has 0 unspecified atom stereocenters. The molecule has 0 aliphatic carbocycles. The van der Waals surface area contributed by atoms with Crippen molar-refractivity contribution in [1.29, 1.82) is 0 Å². The van der Waals surface area contributed by atoms with E-state index in [0.29, 0.717) is 13.7 Å². The van der Waals surface area contributed by atoms with Crippen LogP contribution in [-0.2, 0) is 0 Å². The highest BCUT2D eigenvalue weighted by Crippen LogP contribution is 1.97. The van der Waals surface area contributed by atoms with Crippen molar-refractivity contribution in [2.45, 2.75) is 13.8 Å². The van der Waals surface area contributed by atoms with Gasteiger partial charge in [0.2, 0.25) is 0 Å². The van der Waals surface area contributed by atoms with E-state index in [9.17, 15) is 8.78 Å². The molecule has 1 aliphatic rings. The summed E-state index contributed by atoms with van der Waals surface area (Å²) in [6, 6.07) is 0. The first kappa shape index (κ1) is 16.2. The number of likely N-dealkylation sites (N-methyl/N-ethyl adjacent to an activating group) is 1. The normalized spacial score (nSPS) is 17.6. The minimum atomic E-state index is -0.205. The van der Waals surface area contributed by atoms with Gasteiger partial charge in [-0.15, -0.1) is 0 Å². The highest BCUT2D eigenvalue weighted by atomic mass is 19.1. The Kier molecular flexibility index (Phi) is 14.8. The largest absolute Gasteiger partial charge is 0.304 e. The summed E-state index contributed by atoms with van der Waals surface area (Å²) in [6.45, 7) is 8.64. The molecule has 0 amide bonds. The van der Waals surface area contributed by atoms with Crippen LogP contribution >= 0.6 is 0 Å². The van der Waals surface area contributed by atoms with E-state index in [1.807, 2.05) is 13.8 Å². The molecule has 1 rings (SSSR count). The van der Waals surface area contributed by atoms with Crippen LogP contribution < -0.4 is 0 Å². The molecule has 4 heteroatoms. The van der Waals surface area contributed by atoms with Crippen LogP contribution in [0.1, 0.15) is 13.8 Å². The van der Waals surface area contributed by atoms with Crippen molar-refractivity contribution < 1.29 is 8.78 Å². The Morgan fingerprint density at radius 2 is 1.43 bits per heavy atom. The fraction of sp³-hybridized carbons (Fsp3) is 1.00. The molecule has 0 saturated carbocycles. The lowest BCUT2D eigenvalue weighted by atomic mass is 10.3. The van der Waals surface area contributed by atoms with Crippen molar-refractivity contribution in [2.24, 2.45) is 0 Å². The summed E-state index contributed by atoms with van der Waals surface area (Å²) in [6.07, 6.45) is 0. The number of halogens is 2. The van der Waals surface area contributed by atoms with Gasteiger partial charge >= 0.3 is 0 Å². The van der Waals surface area contributed by atoms with Gasteiger partial charge in [-0.05, 0) is 7.05 Å². The summed E-state index contributed by atoms with van der Waals surface area (Å²) in [5.74, 6) is 0. The van der Waals surface area contributed by atoms with Gasteiger partial charge in [-0.1, -0.05) is 13.8 Å². The van der Waals surface area contributed by atoms with Crippen molar-refractivity contribution in [2.75, 3.05) is 53.6 Å². The van der Waals surface area contributed by atoms with Gasteiger partial charge in [0.25, 0.3) is 0 Å². The molecule has 0 aromatic carbocycles. The number of nitrogens with zero attached hydrogens (tertiary/aromatic N) is 2.